The number of benzene rings is 1. The topological polar surface area (TPSA) is 79.8 Å². The van der Waals surface area contributed by atoms with Crippen molar-refractivity contribution >= 4 is 15.9 Å². The van der Waals surface area contributed by atoms with Crippen LogP contribution in [0.4, 0.5) is 0 Å². The molecule has 0 aliphatic carbocycles. The minimum Gasteiger partial charge on any atom is -0.493 e. The number of nitrogens with zero attached hydrogens (tertiary/aromatic N) is 3. The first kappa shape index (κ1) is 20.9. The van der Waals surface area contributed by atoms with Gasteiger partial charge >= 0.3 is 0 Å². The molecule has 0 saturated heterocycles. The van der Waals surface area contributed by atoms with Crippen LogP contribution in [-0.4, -0.2) is 62.3 Å². The summed E-state index contributed by atoms with van der Waals surface area (Å²) in [7, 11) is -0.697. The summed E-state index contributed by atoms with van der Waals surface area (Å²) < 4.78 is 31.6. The maximum absolute atomic E-state index is 12.4. The molecule has 7 nitrogen and oxygen atoms in total. The Morgan fingerprint density at radius 3 is 2.56 bits per heavy atom. The Morgan fingerprint density at radius 1 is 1.15 bits per heavy atom. The number of para-hydroxylation sites is 1. The van der Waals surface area contributed by atoms with Crippen molar-refractivity contribution in [2.24, 2.45) is 0 Å². The quantitative estimate of drug-likeness (QED) is 0.610. The van der Waals surface area contributed by atoms with Gasteiger partial charge in [-0.15, -0.1) is 0 Å². The highest BCUT2D eigenvalue weighted by Gasteiger charge is 2.24. The van der Waals surface area contributed by atoms with E-state index in [1.165, 1.54) is 30.4 Å². The smallest absolute Gasteiger partial charge is 0.244 e. The molecular weight excluding hydrogens is 366 g/mol. The number of pyridine rings is 1. The van der Waals surface area contributed by atoms with Crippen LogP contribution in [0.15, 0.2) is 53.7 Å². The first-order valence-corrected chi connectivity index (χ1v) is 10.0. The van der Waals surface area contributed by atoms with E-state index in [-0.39, 0.29) is 17.3 Å². The van der Waals surface area contributed by atoms with Crippen molar-refractivity contribution in [3.8, 4) is 5.75 Å². The lowest BCUT2D eigenvalue weighted by Crippen LogP contribution is -2.40. The molecule has 1 amide bonds. The summed E-state index contributed by atoms with van der Waals surface area (Å²) in [5.41, 5.74) is 1.06. The van der Waals surface area contributed by atoms with Gasteiger partial charge in [-0.05, 0) is 37.1 Å². The first-order valence-electron chi connectivity index (χ1n) is 8.61. The standard InChI is InChI=1S/C19H25N3O4S/c1-16-8-4-5-10-18(16)26-13-7-12-21(2)19(23)15-22(3)27(24,25)17-9-6-11-20-14-17/h4-6,8-11,14H,7,12-13,15H2,1-3H3. The Bertz CT molecular complexity index is 856. The summed E-state index contributed by atoms with van der Waals surface area (Å²) >= 11 is 0. The van der Waals surface area contributed by atoms with Gasteiger partial charge in [0.1, 0.15) is 10.6 Å². The molecule has 8 heteroatoms. The van der Waals surface area contributed by atoms with Gasteiger partial charge in [-0.25, -0.2) is 8.42 Å². The highest BCUT2D eigenvalue weighted by Crippen LogP contribution is 2.16. The molecule has 2 aromatic rings. The summed E-state index contributed by atoms with van der Waals surface area (Å²) in [5, 5.41) is 0. The summed E-state index contributed by atoms with van der Waals surface area (Å²) in [6.45, 7) is 2.70. The Morgan fingerprint density at radius 2 is 1.89 bits per heavy atom. The van der Waals surface area contributed by atoms with Crippen LogP contribution in [-0.2, 0) is 14.8 Å². The lowest BCUT2D eigenvalue weighted by atomic mass is 10.2. The second-order valence-electron chi connectivity index (χ2n) is 6.23. The first-order chi connectivity index (χ1) is 12.8. The van der Waals surface area contributed by atoms with Crippen molar-refractivity contribution in [1.29, 1.82) is 0 Å². The van der Waals surface area contributed by atoms with Gasteiger partial charge in [0.15, 0.2) is 0 Å². The van der Waals surface area contributed by atoms with Gasteiger partial charge in [0.25, 0.3) is 0 Å². The SMILES string of the molecule is Cc1ccccc1OCCCN(C)C(=O)CN(C)S(=O)(=O)c1cccnc1. The van der Waals surface area contributed by atoms with E-state index in [1.807, 2.05) is 31.2 Å². The van der Waals surface area contributed by atoms with Crippen molar-refractivity contribution in [2.75, 3.05) is 33.8 Å². The van der Waals surface area contributed by atoms with Crippen LogP contribution in [0.1, 0.15) is 12.0 Å². The van der Waals surface area contributed by atoms with Gasteiger partial charge in [0.2, 0.25) is 15.9 Å². The van der Waals surface area contributed by atoms with Gasteiger partial charge in [-0.2, -0.15) is 4.31 Å². The predicted molar refractivity (Wildman–Crippen MR) is 103 cm³/mol. The van der Waals surface area contributed by atoms with E-state index < -0.39 is 10.0 Å². The maximum atomic E-state index is 12.4. The van der Waals surface area contributed by atoms with Crippen molar-refractivity contribution < 1.29 is 17.9 Å². The van der Waals surface area contributed by atoms with E-state index in [4.69, 9.17) is 4.74 Å². The number of rotatable bonds is 9. The van der Waals surface area contributed by atoms with Gasteiger partial charge in [0, 0.05) is 33.0 Å². The number of carbonyl (C=O) groups is 1. The minimum absolute atomic E-state index is 0.0644. The Hall–Kier alpha value is -2.45. The lowest BCUT2D eigenvalue weighted by molar-refractivity contribution is -0.130. The monoisotopic (exact) mass is 391 g/mol. The average Bonchev–Trinajstić information content (AvgIpc) is 2.66. The van der Waals surface area contributed by atoms with Crippen LogP contribution < -0.4 is 4.74 Å². The van der Waals surface area contributed by atoms with E-state index in [2.05, 4.69) is 4.98 Å². The zero-order chi connectivity index (χ0) is 19.9. The number of sulfonamides is 1. The van der Waals surface area contributed by atoms with Gasteiger partial charge < -0.3 is 9.64 Å². The van der Waals surface area contributed by atoms with Crippen LogP contribution in [0.5, 0.6) is 5.75 Å². The fraction of sp³-hybridized carbons (Fsp3) is 0.368. The van der Waals surface area contributed by atoms with Crippen molar-refractivity contribution in [1.82, 2.24) is 14.2 Å². The third-order valence-electron chi connectivity index (χ3n) is 4.12. The van der Waals surface area contributed by atoms with Gasteiger partial charge in [-0.1, -0.05) is 18.2 Å². The van der Waals surface area contributed by atoms with Crippen LogP contribution >= 0.6 is 0 Å². The van der Waals surface area contributed by atoms with Crippen molar-refractivity contribution in [3.63, 3.8) is 0 Å². The fourth-order valence-corrected chi connectivity index (χ4v) is 3.49. The van der Waals surface area contributed by atoms with E-state index in [0.717, 1.165) is 15.6 Å². The molecule has 1 heterocycles. The van der Waals surface area contributed by atoms with E-state index in [0.29, 0.717) is 19.6 Å². The summed E-state index contributed by atoms with van der Waals surface area (Å²) in [6.07, 6.45) is 3.41. The molecule has 2 rings (SSSR count). The average molecular weight is 391 g/mol. The molecular formula is C19H25N3O4S. The van der Waals surface area contributed by atoms with Gasteiger partial charge in [0.05, 0.1) is 13.2 Å². The lowest BCUT2D eigenvalue weighted by Gasteiger charge is -2.22. The number of likely N-dealkylation sites (N-methyl/N-ethyl adjacent to an activating group) is 2. The third-order valence-corrected chi connectivity index (χ3v) is 5.90. The molecule has 0 spiro atoms. The largest absolute Gasteiger partial charge is 0.493 e. The molecule has 0 atom stereocenters. The van der Waals surface area contributed by atoms with E-state index in [9.17, 15) is 13.2 Å². The van der Waals surface area contributed by atoms with E-state index >= 15 is 0 Å². The molecule has 0 aliphatic heterocycles. The normalized spacial score (nSPS) is 11.4. The molecule has 0 radical (unpaired) electrons. The minimum atomic E-state index is -3.73. The number of carbonyl (C=O) groups excluding carboxylic acids is 1. The Balaban J connectivity index is 1.80. The van der Waals surface area contributed by atoms with Crippen LogP contribution in [0.3, 0.4) is 0 Å². The van der Waals surface area contributed by atoms with E-state index in [1.54, 1.807) is 13.1 Å². The Labute approximate surface area is 160 Å². The molecule has 1 aromatic carbocycles. The maximum Gasteiger partial charge on any atom is 0.244 e. The highest BCUT2D eigenvalue weighted by molar-refractivity contribution is 7.89. The van der Waals surface area contributed by atoms with Gasteiger partial charge in [-0.3, -0.25) is 9.78 Å². The molecule has 146 valence electrons. The summed E-state index contributed by atoms with van der Waals surface area (Å²) in [4.78, 5) is 17.7. The summed E-state index contributed by atoms with van der Waals surface area (Å²) in [6, 6.07) is 10.7. The van der Waals surface area contributed by atoms with Crippen LogP contribution in [0, 0.1) is 6.92 Å². The zero-order valence-corrected chi connectivity index (χ0v) is 16.6. The predicted octanol–water partition coefficient (Wildman–Crippen LogP) is 1.94. The van der Waals surface area contributed by atoms with Crippen LogP contribution in [0.2, 0.25) is 0 Å². The third kappa shape index (κ3) is 5.77. The number of aryl methyl sites for hydroxylation is 1. The molecule has 0 aliphatic rings. The molecule has 27 heavy (non-hydrogen) atoms. The number of aromatic nitrogens is 1. The number of hydrogen-bond donors (Lipinski definition) is 0. The molecule has 0 unspecified atom stereocenters. The highest BCUT2D eigenvalue weighted by atomic mass is 32.2. The molecule has 0 N–H and O–H groups in total. The Kier molecular flexibility index (Phi) is 7.32. The molecule has 0 saturated carbocycles. The van der Waals surface area contributed by atoms with Crippen LogP contribution in [0.25, 0.3) is 0 Å². The summed E-state index contributed by atoms with van der Waals surface area (Å²) in [5.74, 6) is 0.551. The molecule has 0 bridgehead atoms. The zero-order valence-electron chi connectivity index (χ0n) is 15.8. The number of amides is 1. The number of hydrogen-bond acceptors (Lipinski definition) is 5. The fourth-order valence-electron chi connectivity index (χ4n) is 2.40. The molecule has 1 aromatic heterocycles. The second-order valence-corrected chi connectivity index (χ2v) is 8.28. The number of ether oxygens (including phenoxy) is 1. The molecule has 0 fully saturated rings. The van der Waals surface area contributed by atoms with Crippen molar-refractivity contribution in [2.45, 2.75) is 18.2 Å². The van der Waals surface area contributed by atoms with Crippen molar-refractivity contribution in [3.05, 3.63) is 54.4 Å². The second kappa shape index (κ2) is 9.48.